The number of pyridine rings is 1. The summed E-state index contributed by atoms with van der Waals surface area (Å²) in [5.74, 6) is 0. The van der Waals surface area contributed by atoms with Crippen molar-refractivity contribution in [2.75, 3.05) is 13.1 Å². The van der Waals surface area contributed by atoms with Crippen molar-refractivity contribution in [1.29, 1.82) is 0 Å². The predicted octanol–water partition coefficient (Wildman–Crippen LogP) is 2.25. The SMILES string of the molecule is Cc1cccc2ncc(CN3CC(C)NCC3C)n12.Cl. The van der Waals surface area contributed by atoms with Gasteiger partial charge in [-0.2, -0.15) is 0 Å². The summed E-state index contributed by atoms with van der Waals surface area (Å²) in [5.41, 5.74) is 3.58. The van der Waals surface area contributed by atoms with E-state index in [1.807, 2.05) is 6.20 Å². The summed E-state index contributed by atoms with van der Waals surface area (Å²) in [5, 5.41) is 3.53. The van der Waals surface area contributed by atoms with Gasteiger partial charge in [-0.25, -0.2) is 4.98 Å². The van der Waals surface area contributed by atoms with Gasteiger partial charge in [-0.3, -0.25) is 4.90 Å². The quantitative estimate of drug-likeness (QED) is 0.922. The number of rotatable bonds is 2. The number of nitrogens with one attached hydrogen (secondary N) is 1. The van der Waals surface area contributed by atoms with E-state index in [9.17, 15) is 0 Å². The zero-order valence-electron chi connectivity index (χ0n) is 12.3. The molecule has 0 spiro atoms. The van der Waals surface area contributed by atoms with Gasteiger partial charge >= 0.3 is 0 Å². The first-order valence-electron chi connectivity index (χ1n) is 7.04. The maximum absolute atomic E-state index is 4.51. The molecular weight excluding hydrogens is 272 g/mol. The molecule has 0 bridgehead atoms. The Kier molecular flexibility index (Phi) is 4.68. The second kappa shape index (κ2) is 6.12. The molecule has 5 heteroatoms. The predicted molar refractivity (Wildman–Crippen MR) is 84.5 cm³/mol. The fraction of sp³-hybridized carbons (Fsp3) is 0.533. The first kappa shape index (κ1) is 15.3. The number of aryl methyl sites for hydroxylation is 1. The van der Waals surface area contributed by atoms with Crippen LogP contribution in [0.3, 0.4) is 0 Å². The van der Waals surface area contributed by atoms with E-state index in [1.54, 1.807) is 0 Å². The highest BCUT2D eigenvalue weighted by atomic mass is 35.5. The molecule has 0 amide bonds. The Bertz CT molecular complexity index is 580. The third kappa shape index (κ3) is 2.82. The van der Waals surface area contributed by atoms with Crippen LogP contribution in [0.4, 0.5) is 0 Å². The summed E-state index contributed by atoms with van der Waals surface area (Å²) in [6.07, 6.45) is 2.02. The van der Waals surface area contributed by atoms with Gasteiger partial charge in [0.1, 0.15) is 5.65 Å². The van der Waals surface area contributed by atoms with Crippen molar-refractivity contribution in [3.8, 4) is 0 Å². The average molecular weight is 295 g/mol. The van der Waals surface area contributed by atoms with Gasteiger partial charge in [-0.05, 0) is 32.9 Å². The van der Waals surface area contributed by atoms with Crippen LogP contribution in [0, 0.1) is 6.92 Å². The van der Waals surface area contributed by atoms with Gasteiger partial charge < -0.3 is 9.72 Å². The maximum Gasteiger partial charge on any atom is 0.137 e. The van der Waals surface area contributed by atoms with E-state index in [0.29, 0.717) is 12.1 Å². The van der Waals surface area contributed by atoms with Crippen molar-refractivity contribution < 1.29 is 0 Å². The highest BCUT2D eigenvalue weighted by Crippen LogP contribution is 2.15. The summed E-state index contributed by atoms with van der Waals surface area (Å²) >= 11 is 0. The molecule has 0 aliphatic carbocycles. The zero-order chi connectivity index (χ0) is 13.4. The van der Waals surface area contributed by atoms with Crippen LogP contribution in [0.25, 0.3) is 5.65 Å². The van der Waals surface area contributed by atoms with E-state index in [2.05, 4.69) is 58.6 Å². The molecular formula is C15H23ClN4. The van der Waals surface area contributed by atoms with E-state index >= 15 is 0 Å². The molecule has 2 aromatic rings. The van der Waals surface area contributed by atoms with Crippen LogP contribution in [0.1, 0.15) is 25.2 Å². The minimum atomic E-state index is 0. The van der Waals surface area contributed by atoms with E-state index in [-0.39, 0.29) is 12.4 Å². The highest BCUT2D eigenvalue weighted by Gasteiger charge is 2.23. The molecule has 1 aliphatic heterocycles. The Morgan fingerprint density at radius 1 is 1.35 bits per heavy atom. The fourth-order valence-corrected chi connectivity index (χ4v) is 2.91. The Morgan fingerprint density at radius 2 is 2.15 bits per heavy atom. The summed E-state index contributed by atoms with van der Waals surface area (Å²) < 4.78 is 2.26. The largest absolute Gasteiger partial charge is 0.311 e. The molecule has 2 aromatic heterocycles. The van der Waals surface area contributed by atoms with E-state index in [0.717, 1.165) is 25.3 Å². The number of hydrogen-bond acceptors (Lipinski definition) is 3. The van der Waals surface area contributed by atoms with E-state index in [1.165, 1.54) is 11.4 Å². The van der Waals surface area contributed by atoms with E-state index < -0.39 is 0 Å². The lowest BCUT2D eigenvalue weighted by Gasteiger charge is -2.37. The molecule has 20 heavy (non-hydrogen) atoms. The van der Waals surface area contributed by atoms with Gasteiger partial charge in [0.2, 0.25) is 0 Å². The summed E-state index contributed by atoms with van der Waals surface area (Å²) in [6, 6.07) is 7.42. The van der Waals surface area contributed by atoms with Gasteiger partial charge in [-0.1, -0.05) is 6.07 Å². The van der Waals surface area contributed by atoms with Crippen molar-refractivity contribution >= 4 is 18.1 Å². The molecule has 1 saturated heterocycles. The molecule has 3 rings (SSSR count). The van der Waals surface area contributed by atoms with Gasteiger partial charge in [0.05, 0.1) is 11.9 Å². The molecule has 4 nitrogen and oxygen atoms in total. The molecule has 0 radical (unpaired) electrons. The van der Waals surface area contributed by atoms with Crippen LogP contribution in [0.15, 0.2) is 24.4 Å². The normalized spacial score (nSPS) is 23.8. The number of imidazole rings is 1. The molecule has 110 valence electrons. The molecule has 1 aliphatic rings. The molecule has 3 heterocycles. The Labute approximate surface area is 126 Å². The molecule has 2 atom stereocenters. The molecule has 1 N–H and O–H groups in total. The monoisotopic (exact) mass is 294 g/mol. The van der Waals surface area contributed by atoms with Crippen molar-refractivity contribution in [1.82, 2.24) is 19.6 Å². The van der Waals surface area contributed by atoms with Crippen molar-refractivity contribution in [3.63, 3.8) is 0 Å². The lowest BCUT2D eigenvalue weighted by atomic mass is 10.1. The standard InChI is InChI=1S/C15H22N4.ClH/c1-11-9-18(13(3)7-16-11)10-14-8-17-15-6-4-5-12(2)19(14)15;/h4-6,8,11,13,16H,7,9-10H2,1-3H3;1H. The van der Waals surface area contributed by atoms with Crippen LogP contribution < -0.4 is 5.32 Å². The van der Waals surface area contributed by atoms with Gasteiger partial charge in [0.15, 0.2) is 0 Å². The maximum atomic E-state index is 4.51. The number of halogens is 1. The minimum absolute atomic E-state index is 0. The highest BCUT2D eigenvalue weighted by molar-refractivity contribution is 5.85. The lowest BCUT2D eigenvalue weighted by molar-refractivity contribution is 0.137. The number of piperazine rings is 1. The van der Waals surface area contributed by atoms with Gasteiger partial charge in [-0.15, -0.1) is 12.4 Å². The Hall–Kier alpha value is -1.10. The minimum Gasteiger partial charge on any atom is -0.311 e. The number of aromatic nitrogens is 2. The van der Waals surface area contributed by atoms with Crippen LogP contribution in [0.5, 0.6) is 0 Å². The lowest BCUT2D eigenvalue weighted by Crippen LogP contribution is -2.53. The topological polar surface area (TPSA) is 32.6 Å². The molecule has 0 aromatic carbocycles. The van der Waals surface area contributed by atoms with Gasteiger partial charge in [0, 0.05) is 37.4 Å². The first-order valence-corrected chi connectivity index (χ1v) is 7.04. The van der Waals surface area contributed by atoms with Gasteiger partial charge in [0.25, 0.3) is 0 Å². The summed E-state index contributed by atoms with van der Waals surface area (Å²) in [4.78, 5) is 7.05. The second-order valence-corrected chi connectivity index (χ2v) is 5.70. The third-order valence-corrected chi connectivity index (χ3v) is 4.06. The van der Waals surface area contributed by atoms with E-state index in [4.69, 9.17) is 0 Å². The second-order valence-electron chi connectivity index (χ2n) is 5.70. The molecule has 0 saturated carbocycles. The average Bonchev–Trinajstić information content (AvgIpc) is 2.79. The van der Waals surface area contributed by atoms with Crippen LogP contribution in [-0.4, -0.2) is 39.5 Å². The summed E-state index contributed by atoms with van der Waals surface area (Å²) in [7, 11) is 0. The first-order chi connectivity index (χ1) is 9.15. The summed E-state index contributed by atoms with van der Waals surface area (Å²) in [6.45, 7) is 9.81. The molecule has 1 fully saturated rings. The number of hydrogen-bond donors (Lipinski definition) is 1. The number of fused-ring (bicyclic) bond motifs is 1. The number of nitrogens with zero attached hydrogens (tertiary/aromatic N) is 3. The van der Waals surface area contributed by atoms with Crippen molar-refractivity contribution in [2.45, 2.75) is 39.4 Å². The smallest absolute Gasteiger partial charge is 0.137 e. The van der Waals surface area contributed by atoms with Crippen molar-refractivity contribution in [3.05, 3.63) is 35.8 Å². The Morgan fingerprint density at radius 3 is 2.95 bits per heavy atom. The van der Waals surface area contributed by atoms with Crippen molar-refractivity contribution in [2.24, 2.45) is 0 Å². The zero-order valence-corrected chi connectivity index (χ0v) is 13.2. The van der Waals surface area contributed by atoms with Crippen LogP contribution >= 0.6 is 12.4 Å². The third-order valence-electron chi connectivity index (χ3n) is 4.06. The fourth-order valence-electron chi connectivity index (χ4n) is 2.91. The molecule has 2 unspecified atom stereocenters. The van der Waals surface area contributed by atoms with Crippen LogP contribution in [-0.2, 0) is 6.54 Å². The van der Waals surface area contributed by atoms with Crippen LogP contribution in [0.2, 0.25) is 0 Å². The Balaban J connectivity index is 0.00000147.